The largest absolute Gasteiger partial charge is 0.497 e. The van der Waals surface area contributed by atoms with E-state index in [1.165, 1.54) is 5.56 Å². The minimum Gasteiger partial charge on any atom is -0.497 e. The molecule has 0 unspecified atom stereocenters. The standard InChI is InChI=1S/C28H26N4O2/c1-34-24-9-5-8-21(14-24)25-11-10-22(27-17-29-13-12-26(25)27)15-30-28(33)23-16-31-32(19-23)18-20-6-3-2-4-7-20/h2-14,17,19,31H,15-16,18H2,1H3,(H,30,33). The van der Waals surface area contributed by atoms with E-state index in [0.29, 0.717) is 25.2 Å². The summed E-state index contributed by atoms with van der Waals surface area (Å²) in [7, 11) is 1.67. The molecule has 2 N–H and O–H groups in total. The Balaban J connectivity index is 1.32. The van der Waals surface area contributed by atoms with Gasteiger partial charge in [-0.25, -0.2) is 5.43 Å². The lowest BCUT2D eigenvalue weighted by Gasteiger charge is -2.15. The van der Waals surface area contributed by atoms with Crippen molar-refractivity contribution in [2.75, 3.05) is 13.7 Å². The van der Waals surface area contributed by atoms with Crippen LogP contribution in [0.25, 0.3) is 21.9 Å². The molecule has 0 radical (unpaired) electrons. The number of hydrogen-bond acceptors (Lipinski definition) is 5. The van der Waals surface area contributed by atoms with Gasteiger partial charge < -0.3 is 15.1 Å². The van der Waals surface area contributed by atoms with E-state index < -0.39 is 0 Å². The molecule has 170 valence electrons. The molecule has 1 aliphatic heterocycles. The lowest BCUT2D eigenvalue weighted by molar-refractivity contribution is -0.117. The van der Waals surface area contributed by atoms with Crippen molar-refractivity contribution in [2.45, 2.75) is 13.1 Å². The van der Waals surface area contributed by atoms with Crippen LogP contribution in [-0.2, 0) is 17.9 Å². The number of hydrogen-bond donors (Lipinski definition) is 2. The Kier molecular flexibility index (Phi) is 6.23. The number of hydrazine groups is 1. The Labute approximate surface area is 198 Å². The van der Waals surface area contributed by atoms with Gasteiger partial charge in [-0.3, -0.25) is 9.78 Å². The summed E-state index contributed by atoms with van der Waals surface area (Å²) in [6.45, 7) is 1.64. The van der Waals surface area contributed by atoms with Crippen molar-refractivity contribution in [3.63, 3.8) is 0 Å². The predicted molar refractivity (Wildman–Crippen MR) is 134 cm³/mol. The number of fused-ring (bicyclic) bond motifs is 1. The molecule has 0 fully saturated rings. The van der Waals surface area contributed by atoms with E-state index in [1.54, 1.807) is 13.3 Å². The van der Waals surface area contributed by atoms with Gasteiger partial charge in [0.15, 0.2) is 0 Å². The minimum atomic E-state index is -0.0722. The molecule has 0 atom stereocenters. The minimum absolute atomic E-state index is 0.0722. The van der Waals surface area contributed by atoms with Crippen LogP contribution in [0.4, 0.5) is 0 Å². The Morgan fingerprint density at radius 2 is 1.94 bits per heavy atom. The van der Waals surface area contributed by atoms with Gasteiger partial charge in [-0.15, -0.1) is 0 Å². The van der Waals surface area contributed by atoms with E-state index >= 15 is 0 Å². The number of pyridine rings is 1. The Morgan fingerprint density at radius 1 is 1.06 bits per heavy atom. The molecule has 1 aromatic heterocycles. The number of methoxy groups -OCH3 is 1. The molecule has 34 heavy (non-hydrogen) atoms. The number of benzene rings is 3. The zero-order valence-corrected chi connectivity index (χ0v) is 19.0. The van der Waals surface area contributed by atoms with Crippen LogP contribution in [0.5, 0.6) is 5.75 Å². The molecular weight excluding hydrogens is 424 g/mol. The van der Waals surface area contributed by atoms with Crippen LogP contribution in [0.3, 0.4) is 0 Å². The monoisotopic (exact) mass is 450 g/mol. The topological polar surface area (TPSA) is 66.5 Å². The molecular formula is C28H26N4O2. The van der Waals surface area contributed by atoms with E-state index in [4.69, 9.17) is 4.74 Å². The van der Waals surface area contributed by atoms with Gasteiger partial charge in [-0.1, -0.05) is 54.6 Å². The maximum Gasteiger partial charge on any atom is 0.250 e. The zero-order chi connectivity index (χ0) is 23.3. The molecule has 4 aromatic rings. The number of nitrogens with zero attached hydrogens (tertiary/aromatic N) is 2. The average Bonchev–Trinajstić information content (AvgIpc) is 3.36. The van der Waals surface area contributed by atoms with Gasteiger partial charge in [-0.05, 0) is 45.8 Å². The van der Waals surface area contributed by atoms with E-state index in [9.17, 15) is 4.79 Å². The van der Waals surface area contributed by atoms with Gasteiger partial charge in [0.25, 0.3) is 0 Å². The number of rotatable bonds is 7. The van der Waals surface area contributed by atoms with Crippen LogP contribution in [-0.4, -0.2) is 29.6 Å². The predicted octanol–water partition coefficient (Wildman–Crippen LogP) is 4.43. The van der Waals surface area contributed by atoms with Crippen molar-refractivity contribution in [3.05, 3.63) is 108 Å². The first-order chi connectivity index (χ1) is 16.7. The summed E-state index contributed by atoms with van der Waals surface area (Å²) in [5, 5.41) is 7.13. The summed E-state index contributed by atoms with van der Waals surface area (Å²) in [6.07, 6.45) is 5.54. The van der Waals surface area contributed by atoms with Crippen LogP contribution < -0.4 is 15.5 Å². The molecule has 1 aliphatic rings. The molecule has 0 saturated heterocycles. The highest BCUT2D eigenvalue weighted by Crippen LogP contribution is 2.32. The highest BCUT2D eigenvalue weighted by molar-refractivity contribution is 5.99. The first-order valence-corrected chi connectivity index (χ1v) is 11.2. The lowest BCUT2D eigenvalue weighted by Crippen LogP contribution is -2.30. The van der Waals surface area contributed by atoms with Crippen LogP contribution in [0.15, 0.2) is 97.0 Å². The van der Waals surface area contributed by atoms with Crippen LogP contribution in [0.2, 0.25) is 0 Å². The summed E-state index contributed by atoms with van der Waals surface area (Å²) in [4.78, 5) is 17.2. The van der Waals surface area contributed by atoms with Crippen molar-refractivity contribution in [2.24, 2.45) is 0 Å². The van der Waals surface area contributed by atoms with Gasteiger partial charge in [0.05, 0.1) is 13.7 Å². The van der Waals surface area contributed by atoms with Crippen molar-refractivity contribution < 1.29 is 9.53 Å². The zero-order valence-electron chi connectivity index (χ0n) is 19.0. The maximum atomic E-state index is 12.8. The maximum absolute atomic E-state index is 12.8. The van der Waals surface area contributed by atoms with Crippen molar-refractivity contribution in [1.82, 2.24) is 20.7 Å². The second-order valence-corrected chi connectivity index (χ2v) is 8.21. The average molecular weight is 451 g/mol. The number of ether oxygens (including phenoxy) is 1. The summed E-state index contributed by atoms with van der Waals surface area (Å²) in [6, 6.07) is 24.4. The first kappa shape index (κ1) is 21.7. The Hall–Kier alpha value is -4.16. The van der Waals surface area contributed by atoms with Crippen molar-refractivity contribution in [1.29, 1.82) is 0 Å². The van der Waals surface area contributed by atoms with E-state index in [2.05, 4.69) is 46.1 Å². The van der Waals surface area contributed by atoms with Crippen LogP contribution in [0.1, 0.15) is 11.1 Å². The van der Waals surface area contributed by atoms with E-state index in [0.717, 1.165) is 33.2 Å². The number of amides is 1. The fourth-order valence-corrected chi connectivity index (χ4v) is 4.22. The van der Waals surface area contributed by atoms with E-state index in [-0.39, 0.29) is 5.91 Å². The highest BCUT2D eigenvalue weighted by Gasteiger charge is 2.18. The smallest absolute Gasteiger partial charge is 0.250 e. The molecule has 5 rings (SSSR count). The molecule has 6 nitrogen and oxygen atoms in total. The Morgan fingerprint density at radius 3 is 2.79 bits per heavy atom. The third-order valence-electron chi connectivity index (χ3n) is 6.00. The van der Waals surface area contributed by atoms with Gasteiger partial charge in [-0.2, -0.15) is 0 Å². The third kappa shape index (κ3) is 4.63. The van der Waals surface area contributed by atoms with Crippen molar-refractivity contribution >= 4 is 16.7 Å². The number of nitrogens with one attached hydrogen (secondary N) is 2. The SMILES string of the molecule is COc1cccc(-c2ccc(CNC(=O)C3=CN(Cc4ccccc4)NC3)c3cnccc23)c1. The highest BCUT2D eigenvalue weighted by atomic mass is 16.5. The van der Waals surface area contributed by atoms with Gasteiger partial charge >= 0.3 is 0 Å². The molecule has 2 heterocycles. The fourth-order valence-electron chi connectivity index (χ4n) is 4.22. The normalized spacial score (nSPS) is 13.1. The van der Waals surface area contributed by atoms with Gasteiger partial charge in [0, 0.05) is 42.6 Å². The van der Waals surface area contributed by atoms with Crippen LogP contribution in [0, 0.1) is 0 Å². The Bertz CT molecular complexity index is 1350. The molecule has 0 aliphatic carbocycles. The van der Waals surface area contributed by atoms with Gasteiger partial charge in [0.1, 0.15) is 5.75 Å². The van der Waals surface area contributed by atoms with Gasteiger partial charge in [0.2, 0.25) is 5.91 Å². The second kappa shape index (κ2) is 9.77. The molecule has 0 bridgehead atoms. The summed E-state index contributed by atoms with van der Waals surface area (Å²) in [5.74, 6) is 0.743. The lowest BCUT2D eigenvalue weighted by atomic mass is 9.96. The summed E-state index contributed by atoms with van der Waals surface area (Å²) < 4.78 is 5.39. The van der Waals surface area contributed by atoms with Crippen molar-refractivity contribution in [3.8, 4) is 16.9 Å². The molecule has 0 spiro atoms. The van der Waals surface area contributed by atoms with E-state index in [1.807, 2.05) is 59.9 Å². The second-order valence-electron chi connectivity index (χ2n) is 8.21. The molecule has 1 amide bonds. The van der Waals surface area contributed by atoms with Crippen LogP contribution >= 0.6 is 0 Å². The number of aromatic nitrogens is 1. The number of carbonyl (C=O) groups is 1. The molecule has 0 saturated carbocycles. The summed E-state index contributed by atoms with van der Waals surface area (Å²) >= 11 is 0. The molecule has 3 aromatic carbocycles. The quantitative estimate of drug-likeness (QED) is 0.436. The number of carbonyl (C=O) groups excluding carboxylic acids is 1. The summed E-state index contributed by atoms with van der Waals surface area (Å²) in [5.41, 5.74) is 8.36. The molecule has 6 heteroatoms. The fraction of sp³-hybridized carbons (Fsp3) is 0.143. The third-order valence-corrected chi connectivity index (χ3v) is 6.00. The first-order valence-electron chi connectivity index (χ1n) is 11.2.